The van der Waals surface area contributed by atoms with Gasteiger partial charge >= 0.3 is 5.97 Å². The van der Waals surface area contributed by atoms with Crippen molar-refractivity contribution in [1.82, 2.24) is 0 Å². The van der Waals surface area contributed by atoms with Crippen LogP contribution in [0, 0.1) is 0 Å². The van der Waals surface area contributed by atoms with Crippen molar-refractivity contribution in [2.24, 2.45) is 0 Å². The van der Waals surface area contributed by atoms with Crippen LogP contribution in [-0.2, 0) is 19.1 Å². The van der Waals surface area contributed by atoms with E-state index in [-0.39, 0.29) is 18.3 Å². The van der Waals surface area contributed by atoms with E-state index in [0.717, 1.165) is 12.8 Å². The molecule has 0 saturated carbocycles. The van der Waals surface area contributed by atoms with E-state index in [4.69, 9.17) is 4.74 Å². The fourth-order valence-electron chi connectivity index (χ4n) is 1.55. The average molecular weight is 200 g/mol. The minimum Gasteiger partial charge on any atom is -0.469 e. The summed E-state index contributed by atoms with van der Waals surface area (Å²) in [6, 6.07) is 0. The summed E-state index contributed by atoms with van der Waals surface area (Å²) in [7, 11) is 1.31. The minimum absolute atomic E-state index is 0.0137. The zero-order valence-corrected chi connectivity index (χ0v) is 8.62. The number of Topliss-reactive ketones (excluding diaryl/α,β-unsaturated/α-hetero) is 1. The van der Waals surface area contributed by atoms with E-state index >= 15 is 0 Å². The molecule has 0 aliphatic carbocycles. The zero-order chi connectivity index (χ0) is 10.6. The van der Waals surface area contributed by atoms with Gasteiger partial charge in [-0.3, -0.25) is 9.59 Å². The number of methoxy groups -OCH3 is 1. The van der Waals surface area contributed by atoms with E-state index in [9.17, 15) is 9.59 Å². The van der Waals surface area contributed by atoms with Crippen molar-refractivity contribution in [1.29, 1.82) is 0 Å². The topological polar surface area (TPSA) is 52.6 Å². The van der Waals surface area contributed by atoms with Crippen molar-refractivity contribution < 1.29 is 19.1 Å². The van der Waals surface area contributed by atoms with Crippen LogP contribution in [0.15, 0.2) is 0 Å². The lowest BCUT2D eigenvalue weighted by Crippen LogP contribution is -2.28. The first kappa shape index (κ1) is 11.2. The Hall–Kier alpha value is -0.900. The molecule has 0 amide bonds. The summed E-state index contributed by atoms with van der Waals surface area (Å²) in [4.78, 5) is 22.5. The fourth-order valence-corrected chi connectivity index (χ4v) is 1.55. The molecule has 1 saturated heterocycles. The average Bonchev–Trinajstić information content (AvgIpc) is 2.29. The third kappa shape index (κ3) is 3.10. The quantitative estimate of drug-likeness (QED) is 0.626. The maximum Gasteiger partial charge on any atom is 0.308 e. The zero-order valence-electron chi connectivity index (χ0n) is 8.62. The maximum absolute atomic E-state index is 11.5. The molecular weight excluding hydrogens is 184 g/mol. The molecule has 2 atom stereocenters. The van der Waals surface area contributed by atoms with Crippen LogP contribution in [0.5, 0.6) is 0 Å². The van der Waals surface area contributed by atoms with E-state index < -0.39 is 12.1 Å². The number of hydrogen-bond acceptors (Lipinski definition) is 4. The minimum atomic E-state index is -0.597. The highest BCUT2D eigenvalue weighted by molar-refractivity contribution is 5.87. The SMILES string of the molecule is COC(=O)C[C@@H]1O[C@@H](C)CCCC1=O. The van der Waals surface area contributed by atoms with Gasteiger partial charge in [0.25, 0.3) is 0 Å². The van der Waals surface area contributed by atoms with Crippen LogP contribution in [0.2, 0.25) is 0 Å². The molecule has 0 N–H and O–H groups in total. The van der Waals surface area contributed by atoms with Crippen LogP contribution >= 0.6 is 0 Å². The Balaban J connectivity index is 2.54. The van der Waals surface area contributed by atoms with Crippen molar-refractivity contribution >= 4 is 11.8 Å². The van der Waals surface area contributed by atoms with Crippen molar-refractivity contribution in [3.8, 4) is 0 Å². The lowest BCUT2D eigenvalue weighted by molar-refractivity contribution is -0.149. The number of esters is 1. The summed E-state index contributed by atoms with van der Waals surface area (Å²) in [5.74, 6) is -0.378. The second-order valence-electron chi connectivity index (χ2n) is 3.57. The van der Waals surface area contributed by atoms with Gasteiger partial charge in [0, 0.05) is 6.42 Å². The Bertz CT molecular complexity index is 224. The highest BCUT2D eigenvalue weighted by Gasteiger charge is 2.27. The van der Waals surface area contributed by atoms with E-state index in [1.807, 2.05) is 6.92 Å². The first-order valence-electron chi connectivity index (χ1n) is 4.88. The van der Waals surface area contributed by atoms with Crippen molar-refractivity contribution in [2.75, 3.05) is 7.11 Å². The van der Waals surface area contributed by atoms with Crippen molar-refractivity contribution in [3.63, 3.8) is 0 Å². The standard InChI is InChI=1S/C10H16O4/c1-7-4-3-5-8(11)9(14-7)6-10(12)13-2/h7,9H,3-6H2,1-2H3/t7-,9-/m0/s1. The van der Waals surface area contributed by atoms with Gasteiger partial charge in [-0.15, -0.1) is 0 Å². The Labute approximate surface area is 83.6 Å². The molecule has 1 fully saturated rings. The Morgan fingerprint density at radius 1 is 1.64 bits per heavy atom. The highest BCUT2D eigenvalue weighted by atomic mass is 16.5. The first-order valence-corrected chi connectivity index (χ1v) is 4.88. The summed E-state index contributed by atoms with van der Waals surface area (Å²) in [6.07, 6.45) is 1.73. The van der Waals surface area contributed by atoms with Gasteiger partial charge in [0.05, 0.1) is 19.6 Å². The van der Waals surface area contributed by atoms with E-state index in [2.05, 4.69) is 4.74 Å². The second kappa shape index (κ2) is 5.10. The molecular formula is C10H16O4. The Morgan fingerprint density at radius 3 is 3.00 bits per heavy atom. The molecule has 1 aliphatic heterocycles. The predicted octanol–water partition coefficient (Wildman–Crippen LogP) is 1.08. The molecule has 1 aliphatic rings. The molecule has 0 unspecified atom stereocenters. The maximum atomic E-state index is 11.5. The fraction of sp³-hybridized carbons (Fsp3) is 0.800. The summed E-state index contributed by atoms with van der Waals surface area (Å²) < 4.78 is 9.95. The van der Waals surface area contributed by atoms with E-state index in [1.54, 1.807) is 0 Å². The van der Waals surface area contributed by atoms with Crippen LogP contribution in [0.4, 0.5) is 0 Å². The molecule has 1 rings (SSSR count). The van der Waals surface area contributed by atoms with Gasteiger partial charge in [-0.2, -0.15) is 0 Å². The third-order valence-corrected chi connectivity index (χ3v) is 2.37. The van der Waals surface area contributed by atoms with Crippen molar-refractivity contribution in [2.45, 2.75) is 44.8 Å². The van der Waals surface area contributed by atoms with Crippen LogP contribution in [0.3, 0.4) is 0 Å². The Kier molecular flexibility index (Phi) is 4.07. The van der Waals surface area contributed by atoms with Crippen molar-refractivity contribution in [3.05, 3.63) is 0 Å². The van der Waals surface area contributed by atoms with Crippen LogP contribution in [0.25, 0.3) is 0 Å². The first-order chi connectivity index (χ1) is 6.63. The summed E-state index contributed by atoms with van der Waals surface area (Å²) in [5, 5.41) is 0. The number of ketones is 1. The van der Waals surface area contributed by atoms with Gasteiger partial charge in [0.2, 0.25) is 0 Å². The smallest absolute Gasteiger partial charge is 0.308 e. The molecule has 0 spiro atoms. The van der Waals surface area contributed by atoms with Gasteiger partial charge in [0.1, 0.15) is 6.10 Å². The van der Waals surface area contributed by atoms with Gasteiger partial charge in [-0.1, -0.05) is 0 Å². The molecule has 4 heteroatoms. The number of hydrogen-bond donors (Lipinski definition) is 0. The largest absolute Gasteiger partial charge is 0.469 e. The second-order valence-corrected chi connectivity index (χ2v) is 3.57. The van der Waals surface area contributed by atoms with E-state index in [0.29, 0.717) is 6.42 Å². The van der Waals surface area contributed by atoms with Crippen LogP contribution in [-0.4, -0.2) is 31.1 Å². The third-order valence-electron chi connectivity index (χ3n) is 2.37. The van der Waals surface area contributed by atoms with Gasteiger partial charge in [-0.25, -0.2) is 0 Å². The number of ether oxygens (including phenoxy) is 2. The molecule has 0 aromatic heterocycles. The normalized spacial score (nSPS) is 28.3. The van der Waals surface area contributed by atoms with Gasteiger partial charge in [0.15, 0.2) is 5.78 Å². The predicted molar refractivity (Wildman–Crippen MR) is 49.8 cm³/mol. The molecule has 1 heterocycles. The summed E-state index contributed by atoms with van der Waals surface area (Å²) in [5.41, 5.74) is 0. The molecule has 80 valence electrons. The molecule has 0 aromatic rings. The van der Waals surface area contributed by atoms with E-state index in [1.165, 1.54) is 7.11 Å². The van der Waals surface area contributed by atoms with Crippen LogP contribution < -0.4 is 0 Å². The number of rotatable bonds is 2. The lowest BCUT2D eigenvalue weighted by atomic mass is 10.1. The highest BCUT2D eigenvalue weighted by Crippen LogP contribution is 2.17. The number of carbonyl (C=O) groups excluding carboxylic acids is 2. The van der Waals surface area contributed by atoms with Gasteiger partial charge in [-0.05, 0) is 19.8 Å². The lowest BCUT2D eigenvalue weighted by Gasteiger charge is -2.16. The van der Waals surface area contributed by atoms with Gasteiger partial charge < -0.3 is 9.47 Å². The molecule has 14 heavy (non-hydrogen) atoms. The molecule has 0 aromatic carbocycles. The molecule has 4 nitrogen and oxygen atoms in total. The number of carbonyl (C=O) groups is 2. The monoisotopic (exact) mass is 200 g/mol. The molecule has 0 bridgehead atoms. The van der Waals surface area contributed by atoms with Crippen LogP contribution in [0.1, 0.15) is 32.6 Å². The summed E-state index contributed by atoms with van der Waals surface area (Å²) in [6.45, 7) is 1.92. The Morgan fingerprint density at radius 2 is 2.36 bits per heavy atom. The summed E-state index contributed by atoms with van der Waals surface area (Å²) >= 11 is 0. The molecule has 0 radical (unpaired) electrons.